The van der Waals surface area contributed by atoms with Crippen molar-refractivity contribution >= 4 is 16.6 Å². The molecule has 1 atom stereocenters. The molecule has 0 fully saturated rings. The third-order valence-electron chi connectivity index (χ3n) is 3.23. The van der Waals surface area contributed by atoms with Crippen LogP contribution in [0.1, 0.15) is 18.0 Å². The Kier molecular flexibility index (Phi) is 4.80. The van der Waals surface area contributed by atoms with Gasteiger partial charge in [0.15, 0.2) is 16.6 Å². The second-order valence-corrected chi connectivity index (χ2v) is 15.4. The van der Waals surface area contributed by atoms with Gasteiger partial charge in [-0.2, -0.15) is 0 Å². The average molecular weight is 283 g/mol. The first-order valence-electron chi connectivity index (χ1n) is 6.50. The van der Waals surface area contributed by atoms with Crippen LogP contribution in [0.25, 0.3) is 0 Å². The topological polar surface area (TPSA) is 18.5 Å². The van der Waals surface area contributed by atoms with E-state index < -0.39 is 16.6 Å². The van der Waals surface area contributed by atoms with E-state index in [0.717, 1.165) is 5.75 Å². The van der Waals surface area contributed by atoms with E-state index in [4.69, 9.17) is 8.85 Å². The molecule has 102 valence electrons. The fourth-order valence-corrected chi connectivity index (χ4v) is 10.2. The van der Waals surface area contributed by atoms with E-state index in [1.807, 2.05) is 12.1 Å². The molecule has 0 N–H and O–H groups in total. The molecule has 0 heterocycles. The second-order valence-electron chi connectivity index (χ2n) is 6.31. The normalized spacial score (nSPS) is 14.4. The molecule has 0 aliphatic carbocycles. The lowest BCUT2D eigenvalue weighted by molar-refractivity contribution is 0.414. The Hall–Kier alpha value is -0.586. The van der Waals surface area contributed by atoms with Crippen molar-refractivity contribution in [3.8, 4) is 5.75 Å². The van der Waals surface area contributed by atoms with Gasteiger partial charge in [0, 0.05) is 0 Å². The molecule has 0 saturated carbocycles. The Morgan fingerprint density at radius 2 is 1.44 bits per heavy atom. The molecule has 0 radical (unpaired) electrons. The van der Waals surface area contributed by atoms with Gasteiger partial charge in [-0.3, -0.25) is 0 Å². The molecule has 1 aromatic carbocycles. The number of methoxy groups -OCH3 is 1. The Bertz CT molecular complexity index is 380. The van der Waals surface area contributed by atoms with Gasteiger partial charge in [0.1, 0.15) is 5.75 Å². The Morgan fingerprint density at radius 1 is 0.944 bits per heavy atom. The summed E-state index contributed by atoms with van der Waals surface area (Å²) in [5, 5.41) is 0. The molecule has 1 rings (SSSR count). The van der Waals surface area contributed by atoms with E-state index in [2.05, 4.69) is 51.8 Å². The molecule has 4 heteroatoms. The molecule has 18 heavy (non-hydrogen) atoms. The van der Waals surface area contributed by atoms with Crippen molar-refractivity contribution in [2.45, 2.75) is 45.2 Å². The fraction of sp³-hybridized carbons (Fsp3) is 0.571. The molecule has 0 spiro atoms. The lowest BCUT2D eigenvalue weighted by Gasteiger charge is -2.36. The zero-order valence-electron chi connectivity index (χ0n) is 12.7. The van der Waals surface area contributed by atoms with Gasteiger partial charge in [-0.25, -0.2) is 0 Å². The summed E-state index contributed by atoms with van der Waals surface area (Å²) in [6, 6.07) is 8.38. The summed E-state index contributed by atoms with van der Waals surface area (Å²) in [6.07, 6.45) is 0. The summed E-state index contributed by atoms with van der Waals surface area (Å²) in [6.45, 7) is 13.7. The molecular weight excluding hydrogens is 256 g/mol. The summed E-state index contributed by atoms with van der Waals surface area (Å²) >= 11 is 0. The van der Waals surface area contributed by atoms with Crippen molar-refractivity contribution in [1.82, 2.24) is 0 Å². The number of benzene rings is 1. The maximum Gasteiger partial charge on any atom is 0.180 e. The van der Waals surface area contributed by atoms with E-state index in [9.17, 15) is 0 Å². The third-order valence-corrected chi connectivity index (χ3v) is 10.2. The van der Waals surface area contributed by atoms with E-state index >= 15 is 0 Å². The lowest BCUT2D eigenvalue weighted by Crippen LogP contribution is -2.46. The standard InChI is InChI=1S/C14H26O2Si2/c1-12(18(6,7)16-17(3,4)5)13-8-10-14(15-2)11-9-13/h8-12H,1-7H3. The lowest BCUT2D eigenvalue weighted by atomic mass is 10.1. The van der Waals surface area contributed by atoms with Crippen molar-refractivity contribution in [3.05, 3.63) is 29.8 Å². The van der Waals surface area contributed by atoms with E-state index in [1.54, 1.807) is 7.11 Å². The van der Waals surface area contributed by atoms with Crippen LogP contribution in [0, 0.1) is 0 Å². The minimum Gasteiger partial charge on any atom is -0.497 e. The first kappa shape index (κ1) is 15.5. The van der Waals surface area contributed by atoms with E-state index in [1.165, 1.54) is 5.56 Å². The Labute approximate surface area is 114 Å². The van der Waals surface area contributed by atoms with E-state index in [-0.39, 0.29) is 0 Å². The maximum absolute atomic E-state index is 6.44. The van der Waals surface area contributed by atoms with Gasteiger partial charge >= 0.3 is 0 Å². The largest absolute Gasteiger partial charge is 0.497 e. The highest BCUT2D eigenvalue weighted by Crippen LogP contribution is 2.30. The van der Waals surface area contributed by atoms with Crippen LogP contribution in [0.15, 0.2) is 24.3 Å². The van der Waals surface area contributed by atoms with Gasteiger partial charge in [0.2, 0.25) is 0 Å². The molecule has 0 amide bonds. The highest BCUT2D eigenvalue weighted by molar-refractivity contribution is 6.84. The quantitative estimate of drug-likeness (QED) is 0.746. The average Bonchev–Trinajstić information content (AvgIpc) is 2.25. The van der Waals surface area contributed by atoms with Gasteiger partial charge < -0.3 is 8.85 Å². The van der Waals surface area contributed by atoms with Gasteiger partial charge in [-0.05, 0) is 56.0 Å². The summed E-state index contributed by atoms with van der Waals surface area (Å²) in [4.78, 5) is 0. The smallest absolute Gasteiger partial charge is 0.180 e. The molecule has 1 aromatic rings. The number of hydrogen-bond acceptors (Lipinski definition) is 2. The van der Waals surface area contributed by atoms with Crippen molar-refractivity contribution in [1.29, 1.82) is 0 Å². The van der Waals surface area contributed by atoms with Crippen LogP contribution in [-0.2, 0) is 4.12 Å². The van der Waals surface area contributed by atoms with Crippen LogP contribution < -0.4 is 4.74 Å². The number of ether oxygens (including phenoxy) is 1. The zero-order chi connectivity index (χ0) is 14.0. The van der Waals surface area contributed by atoms with Crippen molar-refractivity contribution in [2.75, 3.05) is 7.11 Å². The van der Waals surface area contributed by atoms with Gasteiger partial charge in [0.05, 0.1) is 7.11 Å². The first-order chi connectivity index (χ1) is 8.15. The molecule has 0 aliphatic heterocycles. The first-order valence-corrected chi connectivity index (χ1v) is 12.9. The fourth-order valence-electron chi connectivity index (χ4n) is 2.17. The summed E-state index contributed by atoms with van der Waals surface area (Å²) < 4.78 is 11.6. The number of rotatable bonds is 5. The van der Waals surface area contributed by atoms with Crippen LogP contribution in [0.2, 0.25) is 32.7 Å². The Balaban J connectivity index is 2.87. The van der Waals surface area contributed by atoms with Gasteiger partial charge in [-0.1, -0.05) is 19.1 Å². The minimum atomic E-state index is -1.69. The monoisotopic (exact) mass is 282 g/mol. The van der Waals surface area contributed by atoms with Gasteiger partial charge in [-0.15, -0.1) is 0 Å². The van der Waals surface area contributed by atoms with E-state index in [0.29, 0.717) is 5.54 Å². The SMILES string of the molecule is COc1ccc(C(C)[Si](C)(C)O[Si](C)(C)C)cc1. The second kappa shape index (κ2) is 5.59. The van der Waals surface area contributed by atoms with Crippen LogP contribution in [0.3, 0.4) is 0 Å². The van der Waals surface area contributed by atoms with Crippen LogP contribution >= 0.6 is 0 Å². The Morgan fingerprint density at radius 3 is 1.83 bits per heavy atom. The highest BCUT2D eigenvalue weighted by Gasteiger charge is 2.35. The van der Waals surface area contributed by atoms with Crippen LogP contribution in [0.4, 0.5) is 0 Å². The maximum atomic E-state index is 6.44. The van der Waals surface area contributed by atoms with Crippen LogP contribution in [-0.4, -0.2) is 23.7 Å². The molecule has 0 bridgehead atoms. The molecule has 0 aliphatic rings. The number of hydrogen-bond donors (Lipinski definition) is 0. The van der Waals surface area contributed by atoms with Crippen molar-refractivity contribution in [2.24, 2.45) is 0 Å². The summed E-state index contributed by atoms with van der Waals surface area (Å²) in [7, 11) is -1.46. The highest BCUT2D eigenvalue weighted by atomic mass is 28.4. The van der Waals surface area contributed by atoms with Crippen molar-refractivity contribution < 1.29 is 8.85 Å². The predicted molar refractivity (Wildman–Crippen MR) is 83.3 cm³/mol. The zero-order valence-corrected chi connectivity index (χ0v) is 14.7. The van der Waals surface area contributed by atoms with Crippen LogP contribution in [0.5, 0.6) is 5.75 Å². The van der Waals surface area contributed by atoms with Gasteiger partial charge in [0.25, 0.3) is 0 Å². The third kappa shape index (κ3) is 4.26. The minimum absolute atomic E-state index is 0.495. The summed E-state index contributed by atoms with van der Waals surface area (Å²) in [5.74, 6) is 0.913. The molecule has 2 nitrogen and oxygen atoms in total. The molecule has 0 saturated heterocycles. The molecule has 0 aromatic heterocycles. The molecule has 1 unspecified atom stereocenters. The molecular formula is C14H26O2Si2. The predicted octanol–water partition coefficient (Wildman–Crippen LogP) is 4.39. The summed E-state index contributed by atoms with van der Waals surface area (Å²) in [5.41, 5.74) is 1.85. The van der Waals surface area contributed by atoms with Crippen molar-refractivity contribution in [3.63, 3.8) is 0 Å².